The van der Waals surface area contributed by atoms with Crippen LogP contribution in [0.2, 0.25) is 0 Å². The van der Waals surface area contributed by atoms with Gasteiger partial charge in [-0.3, -0.25) is 0 Å². The van der Waals surface area contributed by atoms with E-state index < -0.39 is 5.97 Å². The lowest BCUT2D eigenvalue weighted by atomic mass is 10.3. The van der Waals surface area contributed by atoms with Crippen molar-refractivity contribution in [2.75, 3.05) is 0 Å². The van der Waals surface area contributed by atoms with E-state index in [-0.39, 0.29) is 6.61 Å². The maximum absolute atomic E-state index is 11.6. The summed E-state index contributed by atoms with van der Waals surface area (Å²) in [5.41, 5.74) is 1.58. The second-order valence-electron chi connectivity index (χ2n) is 4.12. The third-order valence-electron chi connectivity index (χ3n) is 2.60. The molecule has 3 aromatic heterocycles. The molecule has 106 valence electrons. The molecule has 0 radical (unpaired) electrons. The van der Waals surface area contributed by atoms with E-state index in [1.807, 2.05) is 34.3 Å². The first-order valence-corrected chi connectivity index (χ1v) is 7.99. The number of esters is 1. The summed E-state index contributed by atoms with van der Waals surface area (Å²) in [7, 11) is 0. The van der Waals surface area contributed by atoms with Gasteiger partial charge in [0.2, 0.25) is 5.89 Å². The van der Waals surface area contributed by atoms with Gasteiger partial charge in [-0.05, 0) is 39.9 Å². The summed E-state index contributed by atoms with van der Waals surface area (Å²) in [6, 6.07) is 5.79. The molecule has 0 unspecified atom stereocenters. The van der Waals surface area contributed by atoms with Crippen LogP contribution in [0.1, 0.15) is 11.3 Å². The molecule has 0 saturated carbocycles. The lowest BCUT2D eigenvalue weighted by Crippen LogP contribution is -2.00. The predicted molar refractivity (Wildman–Crippen MR) is 83.0 cm³/mol. The topological polar surface area (TPSA) is 52.3 Å². The molecule has 0 aliphatic rings. The normalized spacial score (nSPS) is 11.0. The van der Waals surface area contributed by atoms with Gasteiger partial charge in [-0.2, -0.15) is 11.3 Å². The smallest absolute Gasteiger partial charge is 0.331 e. The number of aromatic nitrogens is 1. The van der Waals surface area contributed by atoms with Crippen molar-refractivity contribution in [1.29, 1.82) is 0 Å². The fourth-order valence-corrected chi connectivity index (χ4v) is 2.90. The highest BCUT2D eigenvalue weighted by molar-refractivity contribution is 7.13. The molecule has 4 nitrogen and oxygen atoms in total. The summed E-state index contributed by atoms with van der Waals surface area (Å²) in [5, 5.41) is 5.86. The van der Waals surface area contributed by atoms with Crippen molar-refractivity contribution in [2.45, 2.75) is 6.61 Å². The average Bonchev–Trinajstić information content (AvgIpc) is 3.24. The second-order valence-corrected chi connectivity index (χ2v) is 5.85. The van der Waals surface area contributed by atoms with Gasteiger partial charge in [-0.25, -0.2) is 9.78 Å². The molecular formula is C15H11NO3S2. The van der Waals surface area contributed by atoms with Gasteiger partial charge < -0.3 is 9.15 Å². The van der Waals surface area contributed by atoms with Crippen molar-refractivity contribution >= 4 is 34.7 Å². The summed E-state index contributed by atoms with van der Waals surface area (Å²) in [6.07, 6.45) is 4.63. The Kier molecular flexibility index (Phi) is 4.28. The highest BCUT2D eigenvalue weighted by atomic mass is 32.1. The van der Waals surface area contributed by atoms with Crippen LogP contribution in [0.4, 0.5) is 0 Å². The first-order chi connectivity index (χ1) is 10.3. The molecule has 0 spiro atoms. The van der Waals surface area contributed by atoms with Crippen LogP contribution in [0, 0.1) is 0 Å². The molecule has 0 aliphatic heterocycles. The first-order valence-electron chi connectivity index (χ1n) is 6.16. The molecule has 0 atom stereocenters. The average molecular weight is 317 g/mol. The summed E-state index contributed by atoms with van der Waals surface area (Å²) in [6.45, 7) is 0.0989. The minimum Gasteiger partial charge on any atom is -0.456 e. The summed E-state index contributed by atoms with van der Waals surface area (Å²) < 4.78 is 10.5. The number of carbonyl (C=O) groups is 1. The number of oxazole rings is 1. The largest absolute Gasteiger partial charge is 0.456 e. The molecule has 0 saturated heterocycles. The number of carbonyl (C=O) groups excluding carboxylic acids is 1. The SMILES string of the molecule is O=C(/C=C/c1ccsc1)OCc1coc(-c2cccs2)n1. The number of rotatable bonds is 5. The van der Waals surface area contributed by atoms with E-state index in [4.69, 9.17) is 9.15 Å². The van der Waals surface area contributed by atoms with Gasteiger partial charge in [-0.15, -0.1) is 11.3 Å². The van der Waals surface area contributed by atoms with E-state index in [1.54, 1.807) is 28.7 Å². The highest BCUT2D eigenvalue weighted by Crippen LogP contribution is 2.23. The van der Waals surface area contributed by atoms with E-state index in [9.17, 15) is 4.79 Å². The second kappa shape index (κ2) is 6.51. The number of hydrogen-bond acceptors (Lipinski definition) is 6. The fraction of sp³-hybridized carbons (Fsp3) is 0.0667. The number of thiophene rings is 2. The third kappa shape index (κ3) is 3.68. The van der Waals surface area contributed by atoms with Crippen LogP contribution < -0.4 is 0 Å². The lowest BCUT2D eigenvalue weighted by molar-refractivity contribution is -0.139. The van der Waals surface area contributed by atoms with Crippen LogP contribution in [-0.2, 0) is 16.1 Å². The van der Waals surface area contributed by atoms with Crippen molar-refractivity contribution < 1.29 is 13.9 Å². The Morgan fingerprint density at radius 3 is 3.10 bits per heavy atom. The van der Waals surface area contributed by atoms with Crippen LogP contribution in [0.15, 0.2) is 51.1 Å². The van der Waals surface area contributed by atoms with Crippen molar-refractivity contribution in [3.05, 3.63) is 57.9 Å². The molecule has 0 N–H and O–H groups in total. The molecule has 3 heterocycles. The third-order valence-corrected chi connectivity index (χ3v) is 4.16. The van der Waals surface area contributed by atoms with Gasteiger partial charge in [0, 0.05) is 6.08 Å². The number of nitrogens with zero attached hydrogens (tertiary/aromatic N) is 1. The maximum atomic E-state index is 11.6. The van der Waals surface area contributed by atoms with Gasteiger partial charge in [0.1, 0.15) is 18.6 Å². The Labute approximate surface area is 129 Å². The summed E-state index contributed by atoms with van der Waals surface area (Å²) in [5.74, 6) is 0.145. The first kappa shape index (κ1) is 13.8. The Balaban J connectivity index is 1.54. The zero-order chi connectivity index (χ0) is 14.5. The summed E-state index contributed by atoms with van der Waals surface area (Å²) in [4.78, 5) is 16.8. The van der Waals surface area contributed by atoms with Crippen LogP contribution in [0.25, 0.3) is 16.8 Å². The minimum atomic E-state index is -0.401. The zero-order valence-electron chi connectivity index (χ0n) is 10.9. The quantitative estimate of drug-likeness (QED) is 0.522. The Morgan fingerprint density at radius 1 is 1.38 bits per heavy atom. The molecule has 0 aliphatic carbocycles. The predicted octanol–water partition coefficient (Wildman–Crippen LogP) is 4.22. The van der Waals surface area contributed by atoms with E-state index in [0.29, 0.717) is 11.6 Å². The molecule has 0 amide bonds. The molecule has 3 rings (SSSR count). The Bertz CT molecular complexity index is 727. The van der Waals surface area contributed by atoms with E-state index in [0.717, 1.165) is 10.4 Å². The van der Waals surface area contributed by atoms with Gasteiger partial charge in [0.05, 0.1) is 4.88 Å². The number of ether oxygens (including phenoxy) is 1. The molecule has 0 fully saturated rings. The molecule has 6 heteroatoms. The molecular weight excluding hydrogens is 306 g/mol. The van der Waals surface area contributed by atoms with Crippen LogP contribution in [-0.4, -0.2) is 11.0 Å². The van der Waals surface area contributed by atoms with Gasteiger partial charge in [0.15, 0.2) is 0 Å². The fourth-order valence-electron chi connectivity index (χ4n) is 1.61. The Hall–Kier alpha value is -2.18. The molecule has 0 aromatic carbocycles. The van der Waals surface area contributed by atoms with Crippen molar-refractivity contribution in [3.8, 4) is 10.8 Å². The molecule has 0 bridgehead atoms. The van der Waals surface area contributed by atoms with Crippen LogP contribution in [0.3, 0.4) is 0 Å². The monoisotopic (exact) mass is 317 g/mol. The van der Waals surface area contributed by atoms with Crippen LogP contribution in [0.5, 0.6) is 0 Å². The highest BCUT2D eigenvalue weighted by Gasteiger charge is 2.08. The van der Waals surface area contributed by atoms with Gasteiger partial charge >= 0.3 is 5.97 Å². The van der Waals surface area contributed by atoms with Crippen molar-refractivity contribution in [2.24, 2.45) is 0 Å². The summed E-state index contributed by atoms with van der Waals surface area (Å²) >= 11 is 3.12. The van der Waals surface area contributed by atoms with E-state index >= 15 is 0 Å². The lowest BCUT2D eigenvalue weighted by Gasteiger charge is -1.97. The standard InChI is InChI=1S/C15H11NO3S2/c17-14(4-3-11-5-7-20-10-11)18-8-12-9-19-15(16-12)13-2-1-6-21-13/h1-7,9-10H,8H2/b4-3+. The minimum absolute atomic E-state index is 0.0989. The number of hydrogen-bond donors (Lipinski definition) is 0. The van der Waals surface area contributed by atoms with Gasteiger partial charge in [-0.1, -0.05) is 6.07 Å². The molecule has 21 heavy (non-hydrogen) atoms. The van der Waals surface area contributed by atoms with Crippen LogP contribution >= 0.6 is 22.7 Å². The van der Waals surface area contributed by atoms with E-state index in [1.165, 1.54) is 12.3 Å². The zero-order valence-corrected chi connectivity index (χ0v) is 12.5. The van der Waals surface area contributed by atoms with Crippen molar-refractivity contribution in [3.63, 3.8) is 0 Å². The van der Waals surface area contributed by atoms with E-state index in [2.05, 4.69) is 4.98 Å². The molecule has 3 aromatic rings. The maximum Gasteiger partial charge on any atom is 0.331 e. The Morgan fingerprint density at radius 2 is 2.33 bits per heavy atom. The van der Waals surface area contributed by atoms with Gasteiger partial charge in [0.25, 0.3) is 0 Å². The van der Waals surface area contributed by atoms with Crippen molar-refractivity contribution in [1.82, 2.24) is 4.98 Å².